The van der Waals surface area contributed by atoms with Gasteiger partial charge in [0.25, 0.3) is 0 Å². The summed E-state index contributed by atoms with van der Waals surface area (Å²) in [6.07, 6.45) is 0. The number of para-hydroxylation sites is 2. The maximum atomic E-state index is 5.34. The summed E-state index contributed by atoms with van der Waals surface area (Å²) < 4.78 is 7.07. The van der Waals surface area contributed by atoms with Crippen molar-refractivity contribution < 1.29 is 0 Å². The van der Waals surface area contributed by atoms with Gasteiger partial charge in [0.15, 0.2) is 0 Å². The number of imidazole rings is 2. The molecule has 0 aliphatic heterocycles. The van der Waals surface area contributed by atoms with Crippen molar-refractivity contribution in [2.45, 2.75) is 0 Å². The van der Waals surface area contributed by atoms with Crippen LogP contribution in [0.4, 0.5) is 0 Å². The molecule has 51 heavy (non-hydrogen) atoms. The third kappa shape index (κ3) is 4.45. The van der Waals surface area contributed by atoms with E-state index < -0.39 is 0 Å². The average molecular weight is 669 g/mol. The number of hydrogen-bond acceptors (Lipinski definition) is 3. The summed E-state index contributed by atoms with van der Waals surface area (Å²) in [4.78, 5) is 10.7. The smallest absolute Gasteiger partial charge is 0.145 e. The van der Waals surface area contributed by atoms with E-state index in [4.69, 9.17) is 9.97 Å². The predicted octanol–water partition coefficient (Wildman–Crippen LogP) is 12.4. The quantitative estimate of drug-likeness (QED) is 0.187. The molecule has 3 aromatic heterocycles. The lowest BCUT2D eigenvalue weighted by Crippen LogP contribution is -1.97. The zero-order chi connectivity index (χ0) is 33.5. The van der Waals surface area contributed by atoms with Crippen LogP contribution in [0.1, 0.15) is 0 Å². The van der Waals surface area contributed by atoms with Crippen LogP contribution < -0.4 is 0 Å². The van der Waals surface area contributed by atoms with E-state index in [-0.39, 0.29) is 0 Å². The Morgan fingerprint density at radius 2 is 0.784 bits per heavy atom. The van der Waals surface area contributed by atoms with Gasteiger partial charge in [-0.1, -0.05) is 109 Å². The van der Waals surface area contributed by atoms with Gasteiger partial charge >= 0.3 is 0 Å². The second-order valence-electron chi connectivity index (χ2n) is 13.1. The van der Waals surface area contributed by atoms with Gasteiger partial charge in [0.1, 0.15) is 11.6 Å². The standard InChI is InChI=1S/C46H28N4S/c1-3-15-35(16-4-1)49-41-27-43-37(25-39(41)47-45(49)33-21-19-29-11-7-9-13-31(29)23-33)38-26-40-42(28-44(38)51-43)50(36-17-5-2-6-18-36)46(48-40)34-22-20-30-12-8-10-14-32(30)24-34/h1-28H. The van der Waals surface area contributed by atoms with Gasteiger partial charge in [-0.2, -0.15) is 0 Å². The van der Waals surface area contributed by atoms with Crippen LogP contribution in [0.25, 0.3) is 97.9 Å². The molecule has 5 heteroatoms. The Morgan fingerprint density at radius 1 is 0.373 bits per heavy atom. The summed E-state index contributed by atoms with van der Waals surface area (Å²) in [5, 5.41) is 7.26. The van der Waals surface area contributed by atoms with Gasteiger partial charge in [0.05, 0.1) is 22.1 Å². The Labute approximate surface area is 297 Å². The molecule has 0 atom stereocenters. The van der Waals surface area contributed by atoms with Crippen LogP contribution in [0.15, 0.2) is 170 Å². The summed E-state index contributed by atoms with van der Waals surface area (Å²) in [7, 11) is 0. The van der Waals surface area contributed by atoms with Crippen LogP contribution in [-0.2, 0) is 0 Å². The summed E-state index contributed by atoms with van der Waals surface area (Å²) in [5.41, 5.74) is 8.51. The van der Waals surface area contributed by atoms with Gasteiger partial charge in [-0.3, -0.25) is 9.13 Å². The van der Waals surface area contributed by atoms with Crippen molar-refractivity contribution in [3.8, 4) is 34.2 Å². The molecular formula is C46H28N4S. The van der Waals surface area contributed by atoms with E-state index in [2.05, 4.69) is 179 Å². The molecule has 0 spiro atoms. The SMILES string of the molecule is c1ccc(-n2c(-c3ccc4ccccc4c3)nc3cc4c(cc32)sc2cc3c(cc24)nc(-c2ccc4ccccc4c2)n3-c2ccccc2)cc1. The number of nitrogens with zero attached hydrogens (tertiary/aromatic N) is 4. The first-order valence-electron chi connectivity index (χ1n) is 17.2. The highest BCUT2D eigenvalue weighted by atomic mass is 32.1. The summed E-state index contributed by atoms with van der Waals surface area (Å²) in [6, 6.07) is 60.6. The molecule has 0 aliphatic carbocycles. The van der Waals surface area contributed by atoms with Crippen molar-refractivity contribution in [2.75, 3.05) is 0 Å². The minimum absolute atomic E-state index is 0.938. The van der Waals surface area contributed by atoms with E-state index >= 15 is 0 Å². The molecule has 0 saturated heterocycles. The topological polar surface area (TPSA) is 35.6 Å². The third-order valence-electron chi connectivity index (χ3n) is 10.1. The zero-order valence-electron chi connectivity index (χ0n) is 27.4. The summed E-state index contributed by atoms with van der Waals surface area (Å²) in [5.74, 6) is 1.88. The number of aromatic nitrogens is 4. The van der Waals surface area contributed by atoms with Crippen LogP contribution in [0.2, 0.25) is 0 Å². The van der Waals surface area contributed by atoms with Crippen LogP contribution in [0.3, 0.4) is 0 Å². The number of hydrogen-bond donors (Lipinski definition) is 0. The molecule has 3 heterocycles. The molecule has 0 aliphatic rings. The van der Waals surface area contributed by atoms with Crippen LogP contribution in [0.5, 0.6) is 0 Å². The van der Waals surface area contributed by atoms with Gasteiger partial charge in [0, 0.05) is 42.7 Å². The monoisotopic (exact) mass is 668 g/mol. The molecular weight excluding hydrogens is 641 g/mol. The summed E-state index contributed by atoms with van der Waals surface area (Å²) >= 11 is 1.83. The highest BCUT2D eigenvalue weighted by Gasteiger charge is 2.20. The zero-order valence-corrected chi connectivity index (χ0v) is 28.2. The Hall–Kier alpha value is -6.56. The Kier molecular flexibility index (Phi) is 6.09. The van der Waals surface area contributed by atoms with Gasteiger partial charge in [-0.05, 0) is 82.2 Å². The lowest BCUT2D eigenvalue weighted by Gasteiger charge is -2.10. The molecule has 238 valence electrons. The fourth-order valence-electron chi connectivity index (χ4n) is 7.64. The van der Waals surface area contributed by atoms with Crippen molar-refractivity contribution in [1.82, 2.24) is 19.1 Å². The highest BCUT2D eigenvalue weighted by molar-refractivity contribution is 7.26. The van der Waals surface area contributed by atoms with Crippen molar-refractivity contribution in [3.63, 3.8) is 0 Å². The number of rotatable bonds is 4. The van der Waals surface area contributed by atoms with E-state index in [9.17, 15) is 0 Å². The van der Waals surface area contributed by atoms with Gasteiger partial charge < -0.3 is 0 Å². The van der Waals surface area contributed by atoms with Crippen molar-refractivity contribution >= 4 is 75.1 Å². The van der Waals surface area contributed by atoms with Crippen LogP contribution >= 0.6 is 11.3 Å². The highest BCUT2D eigenvalue weighted by Crippen LogP contribution is 2.42. The van der Waals surface area contributed by atoms with Crippen molar-refractivity contribution in [2.24, 2.45) is 0 Å². The molecule has 4 nitrogen and oxygen atoms in total. The molecule has 0 saturated carbocycles. The van der Waals surface area contributed by atoms with Crippen molar-refractivity contribution in [1.29, 1.82) is 0 Å². The van der Waals surface area contributed by atoms with Gasteiger partial charge in [0.2, 0.25) is 0 Å². The summed E-state index contributed by atoms with van der Waals surface area (Å²) in [6.45, 7) is 0. The molecule has 0 radical (unpaired) electrons. The van der Waals surface area contributed by atoms with Crippen LogP contribution in [0, 0.1) is 0 Å². The second-order valence-corrected chi connectivity index (χ2v) is 14.2. The van der Waals surface area contributed by atoms with Crippen LogP contribution in [-0.4, -0.2) is 19.1 Å². The van der Waals surface area contributed by atoms with E-state index in [1.54, 1.807) is 0 Å². The lowest BCUT2D eigenvalue weighted by molar-refractivity contribution is 1.10. The average Bonchev–Trinajstić information content (AvgIpc) is 3.87. The second kappa shape index (κ2) is 11.0. The van der Waals surface area contributed by atoms with E-state index in [0.717, 1.165) is 56.2 Å². The largest absolute Gasteiger partial charge is 0.292 e. The van der Waals surface area contributed by atoms with Crippen molar-refractivity contribution in [3.05, 3.63) is 170 Å². The fraction of sp³-hybridized carbons (Fsp3) is 0. The Balaban J connectivity index is 1.15. The Morgan fingerprint density at radius 3 is 1.24 bits per heavy atom. The van der Waals surface area contributed by atoms with E-state index in [0.29, 0.717) is 0 Å². The molecule has 11 rings (SSSR count). The molecule has 0 N–H and O–H groups in total. The minimum Gasteiger partial charge on any atom is -0.292 e. The molecule has 0 unspecified atom stereocenters. The molecule has 11 aromatic rings. The van der Waals surface area contributed by atoms with E-state index in [1.807, 2.05) is 11.3 Å². The number of benzene rings is 8. The van der Waals surface area contributed by atoms with Gasteiger partial charge in [-0.25, -0.2) is 9.97 Å². The predicted molar refractivity (Wildman–Crippen MR) is 214 cm³/mol. The number of thiophene rings is 1. The first-order chi connectivity index (χ1) is 25.2. The Bertz CT molecular complexity index is 2920. The molecule has 8 aromatic carbocycles. The van der Waals surface area contributed by atoms with Gasteiger partial charge in [-0.15, -0.1) is 11.3 Å². The first kappa shape index (κ1) is 28.3. The number of fused-ring (bicyclic) bond motifs is 7. The fourth-order valence-corrected chi connectivity index (χ4v) is 8.77. The maximum absolute atomic E-state index is 5.34. The maximum Gasteiger partial charge on any atom is 0.145 e. The third-order valence-corrected chi connectivity index (χ3v) is 11.2. The molecule has 0 amide bonds. The first-order valence-corrected chi connectivity index (χ1v) is 18.0. The normalized spacial score (nSPS) is 11.9. The lowest BCUT2D eigenvalue weighted by atomic mass is 10.1. The molecule has 0 fully saturated rings. The minimum atomic E-state index is 0.938. The molecule has 0 bridgehead atoms. The van der Waals surface area contributed by atoms with E-state index in [1.165, 1.54) is 41.7 Å².